The van der Waals surface area contributed by atoms with Crippen molar-refractivity contribution < 1.29 is 14.7 Å². The van der Waals surface area contributed by atoms with E-state index < -0.39 is 11.9 Å². The number of hydrogen-bond donors (Lipinski definition) is 2. The van der Waals surface area contributed by atoms with Gasteiger partial charge in [0.2, 0.25) is 0 Å². The SMILES string of the molecule is CC1(C)CCN1C(=O)NC1CC(C(=O)O)c2ccccc21. The van der Waals surface area contributed by atoms with Gasteiger partial charge >= 0.3 is 12.0 Å². The molecular formula is C16H20N2O3. The van der Waals surface area contributed by atoms with Crippen LogP contribution in [0.5, 0.6) is 0 Å². The van der Waals surface area contributed by atoms with Crippen LogP contribution >= 0.6 is 0 Å². The van der Waals surface area contributed by atoms with Crippen molar-refractivity contribution in [3.63, 3.8) is 0 Å². The summed E-state index contributed by atoms with van der Waals surface area (Å²) in [5.74, 6) is -1.36. The van der Waals surface area contributed by atoms with Gasteiger partial charge in [-0.05, 0) is 37.8 Å². The normalized spacial score (nSPS) is 25.9. The number of rotatable bonds is 2. The molecule has 0 aromatic heterocycles. The second-order valence-electron chi connectivity index (χ2n) is 6.47. The third-order valence-electron chi connectivity index (χ3n) is 4.74. The topological polar surface area (TPSA) is 69.6 Å². The van der Waals surface area contributed by atoms with Crippen LogP contribution in [0.2, 0.25) is 0 Å². The molecule has 1 aromatic rings. The molecule has 21 heavy (non-hydrogen) atoms. The summed E-state index contributed by atoms with van der Waals surface area (Å²) in [6.07, 6.45) is 1.42. The van der Waals surface area contributed by atoms with Crippen molar-refractivity contribution in [2.75, 3.05) is 6.54 Å². The van der Waals surface area contributed by atoms with Crippen molar-refractivity contribution in [1.29, 1.82) is 0 Å². The van der Waals surface area contributed by atoms with E-state index in [1.807, 2.05) is 43.0 Å². The molecule has 0 radical (unpaired) electrons. The van der Waals surface area contributed by atoms with Crippen LogP contribution in [-0.2, 0) is 4.79 Å². The number of benzene rings is 1. The minimum atomic E-state index is -0.830. The van der Waals surface area contributed by atoms with Crippen LogP contribution in [0.25, 0.3) is 0 Å². The van der Waals surface area contributed by atoms with E-state index in [1.54, 1.807) is 0 Å². The maximum atomic E-state index is 12.4. The number of carboxylic acid groups (broad SMARTS) is 1. The molecule has 0 spiro atoms. The number of urea groups is 1. The molecule has 5 nitrogen and oxygen atoms in total. The Kier molecular flexibility index (Phi) is 3.15. The number of carboxylic acids is 1. The van der Waals surface area contributed by atoms with Crippen LogP contribution in [0.1, 0.15) is 49.8 Å². The first-order chi connectivity index (χ1) is 9.90. The molecule has 2 aliphatic rings. The molecule has 1 aromatic carbocycles. The van der Waals surface area contributed by atoms with Crippen LogP contribution < -0.4 is 5.32 Å². The van der Waals surface area contributed by atoms with Crippen LogP contribution in [0.15, 0.2) is 24.3 Å². The van der Waals surface area contributed by atoms with Gasteiger partial charge in [0, 0.05) is 12.1 Å². The van der Waals surface area contributed by atoms with Crippen LogP contribution in [-0.4, -0.2) is 34.1 Å². The predicted octanol–water partition coefficient (Wildman–Crippen LogP) is 2.49. The number of likely N-dealkylation sites (tertiary alicyclic amines) is 1. The lowest BCUT2D eigenvalue weighted by molar-refractivity contribution is -0.138. The van der Waals surface area contributed by atoms with Crippen molar-refractivity contribution in [2.45, 2.75) is 44.2 Å². The summed E-state index contributed by atoms with van der Waals surface area (Å²) < 4.78 is 0. The molecule has 1 saturated heterocycles. The van der Waals surface area contributed by atoms with E-state index in [2.05, 4.69) is 5.32 Å². The smallest absolute Gasteiger partial charge is 0.318 e. The molecule has 0 saturated carbocycles. The molecule has 1 aliphatic carbocycles. The third-order valence-corrected chi connectivity index (χ3v) is 4.74. The van der Waals surface area contributed by atoms with E-state index in [1.165, 1.54) is 0 Å². The monoisotopic (exact) mass is 288 g/mol. The van der Waals surface area contributed by atoms with Crippen molar-refractivity contribution in [2.24, 2.45) is 0 Å². The van der Waals surface area contributed by atoms with Crippen molar-refractivity contribution in [3.05, 3.63) is 35.4 Å². The molecule has 2 amide bonds. The number of fused-ring (bicyclic) bond motifs is 1. The first-order valence-corrected chi connectivity index (χ1v) is 7.30. The van der Waals surface area contributed by atoms with Crippen LogP contribution in [0.3, 0.4) is 0 Å². The highest BCUT2D eigenvalue weighted by molar-refractivity contribution is 5.80. The molecule has 0 bridgehead atoms. The Morgan fingerprint density at radius 1 is 1.29 bits per heavy atom. The van der Waals surface area contributed by atoms with E-state index in [-0.39, 0.29) is 17.6 Å². The molecule has 2 atom stereocenters. The maximum Gasteiger partial charge on any atom is 0.318 e. The standard InChI is InChI=1S/C16H20N2O3/c1-16(2)7-8-18(16)15(21)17-13-9-12(14(19)20)10-5-3-4-6-11(10)13/h3-6,12-13H,7-9H2,1-2H3,(H,17,21)(H,19,20). The molecule has 112 valence electrons. The molecule has 1 aliphatic heterocycles. The fourth-order valence-corrected chi connectivity index (χ4v) is 3.28. The van der Waals surface area contributed by atoms with Crippen molar-refractivity contribution in [3.8, 4) is 0 Å². The number of hydrogen-bond acceptors (Lipinski definition) is 2. The number of nitrogens with one attached hydrogen (secondary N) is 1. The Morgan fingerprint density at radius 3 is 2.48 bits per heavy atom. The van der Waals surface area contributed by atoms with E-state index >= 15 is 0 Å². The van der Waals surface area contributed by atoms with Crippen molar-refractivity contribution >= 4 is 12.0 Å². The Labute approximate surface area is 123 Å². The zero-order valence-corrected chi connectivity index (χ0v) is 12.3. The highest BCUT2D eigenvalue weighted by Gasteiger charge is 2.42. The predicted molar refractivity (Wildman–Crippen MR) is 78.1 cm³/mol. The maximum absolute atomic E-state index is 12.4. The zero-order chi connectivity index (χ0) is 15.2. The Hall–Kier alpha value is -2.04. The summed E-state index contributed by atoms with van der Waals surface area (Å²) in [6, 6.07) is 7.16. The lowest BCUT2D eigenvalue weighted by Crippen LogP contribution is -2.61. The van der Waals surface area contributed by atoms with Crippen LogP contribution in [0, 0.1) is 0 Å². The van der Waals surface area contributed by atoms with Gasteiger partial charge in [0.05, 0.1) is 12.0 Å². The fourth-order valence-electron chi connectivity index (χ4n) is 3.28. The Bertz CT molecular complexity index is 597. The average Bonchev–Trinajstić information content (AvgIpc) is 2.77. The molecule has 2 unspecified atom stereocenters. The zero-order valence-electron chi connectivity index (χ0n) is 12.3. The van der Waals surface area contributed by atoms with Gasteiger partial charge in [0.25, 0.3) is 0 Å². The molecule has 5 heteroatoms. The van der Waals surface area contributed by atoms with Gasteiger partial charge in [-0.2, -0.15) is 0 Å². The highest BCUT2D eigenvalue weighted by Crippen LogP contribution is 2.40. The minimum Gasteiger partial charge on any atom is -0.481 e. The van der Waals surface area contributed by atoms with Gasteiger partial charge in [0.1, 0.15) is 0 Å². The summed E-state index contributed by atoms with van der Waals surface area (Å²) in [4.78, 5) is 25.5. The number of carbonyl (C=O) groups is 2. The van der Waals surface area contributed by atoms with E-state index in [9.17, 15) is 14.7 Å². The Balaban J connectivity index is 1.78. The first-order valence-electron chi connectivity index (χ1n) is 7.30. The van der Waals surface area contributed by atoms with Gasteiger partial charge in [-0.25, -0.2) is 4.79 Å². The van der Waals surface area contributed by atoms with Gasteiger partial charge < -0.3 is 15.3 Å². The van der Waals surface area contributed by atoms with Gasteiger partial charge in [-0.15, -0.1) is 0 Å². The summed E-state index contributed by atoms with van der Waals surface area (Å²) >= 11 is 0. The second kappa shape index (κ2) is 4.76. The first kappa shape index (κ1) is 13.9. The van der Waals surface area contributed by atoms with Gasteiger partial charge in [-0.3, -0.25) is 4.79 Å². The summed E-state index contributed by atoms with van der Waals surface area (Å²) in [6.45, 7) is 4.84. The molecular weight excluding hydrogens is 268 g/mol. The van der Waals surface area contributed by atoms with Gasteiger partial charge in [0.15, 0.2) is 0 Å². The third kappa shape index (κ3) is 2.26. The quantitative estimate of drug-likeness (QED) is 0.878. The summed E-state index contributed by atoms with van der Waals surface area (Å²) in [5.41, 5.74) is 1.64. The van der Waals surface area contributed by atoms with E-state index in [0.717, 1.165) is 24.1 Å². The average molecular weight is 288 g/mol. The largest absolute Gasteiger partial charge is 0.481 e. The Morgan fingerprint density at radius 2 is 1.95 bits per heavy atom. The minimum absolute atomic E-state index is 0.0999. The fraction of sp³-hybridized carbons (Fsp3) is 0.500. The van der Waals surface area contributed by atoms with E-state index in [0.29, 0.717) is 6.42 Å². The highest BCUT2D eigenvalue weighted by atomic mass is 16.4. The molecule has 2 N–H and O–H groups in total. The van der Waals surface area contributed by atoms with Crippen molar-refractivity contribution in [1.82, 2.24) is 10.2 Å². The number of nitrogens with zero attached hydrogens (tertiary/aromatic N) is 1. The number of amides is 2. The van der Waals surface area contributed by atoms with Crippen LogP contribution in [0.4, 0.5) is 4.79 Å². The molecule has 3 rings (SSSR count). The molecule has 1 fully saturated rings. The number of aliphatic carboxylic acids is 1. The summed E-state index contributed by atoms with van der Waals surface area (Å²) in [5, 5.41) is 12.3. The van der Waals surface area contributed by atoms with Gasteiger partial charge in [-0.1, -0.05) is 24.3 Å². The lowest BCUT2D eigenvalue weighted by Gasteiger charge is -2.48. The second-order valence-corrected chi connectivity index (χ2v) is 6.47. The summed E-state index contributed by atoms with van der Waals surface area (Å²) in [7, 11) is 0. The number of carbonyl (C=O) groups excluding carboxylic acids is 1. The lowest BCUT2D eigenvalue weighted by atomic mass is 9.89. The molecule has 1 heterocycles. The van der Waals surface area contributed by atoms with E-state index in [4.69, 9.17) is 0 Å².